The molecule has 0 saturated heterocycles. The highest BCUT2D eigenvalue weighted by Gasteiger charge is 2.25. The van der Waals surface area contributed by atoms with Crippen molar-refractivity contribution in [1.82, 2.24) is 9.62 Å². The van der Waals surface area contributed by atoms with Gasteiger partial charge in [0.1, 0.15) is 5.82 Å². The lowest BCUT2D eigenvalue weighted by Crippen LogP contribution is -2.46. The molecule has 0 aliphatic heterocycles. The highest BCUT2D eigenvalue weighted by molar-refractivity contribution is 9.10. The van der Waals surface area contributed by atoms with Gasteiger partial charge in [0.15, 0.2) is 0 Å². The Kier molecular flexibility index (Phi) is 6.30. The Hall–Kier alpha value is -0.990. The maximum absolute atomic E-state index is 13.4. The summed E-state index contributed by atoms with van der Waals surface area (Å²) >= 11 is 2.96. The van der Waals surface area contributed by atoms with Crippen LogP contribution in [0.3, 0.4) is 0 Å². The number of rotatable bonds is 6. The second-order valence-electron chi connectivity index (χ2n) is 4.43. The Balaban J connectivity index is 2.94. The molecule has 8 heteroatoms. The number of nitrogens with zero attached hydrogens (tertiary/aromatic N) is 1. The van der Waals surface area contributed by atoms with Crippen LogP contribution < -0.4 is 4.72 Å². The molecule has 1 aromatic rings. The molecule has 0 bridgehead atoms. The van der Waals surface area contributed by atoms with Crippen LogP contribution in [-0.2, 0) is 14.8 Å². The molecule has 1 atom stereocenters. The molecule has 0 saturated carbocycles. The summed E-state index contributed by atoms with van der Waals surface area (Å²) in [6, 6.07) is 2.56. The third kappa shape index (κ3) is 4.49. The first-order chi connectivity index (χ1) is 9.72. The number of carbonyl (C=O) groups is 1. The highest BCUT2D eigenvalue weighted by Crippen LogP contribution is 2.19. The molecule has 0 heterocycles. The van der Waals surface area contributed by atoms with Crippen LogP contribution in [0.25, 0.3) is 0 Å². The van der Waals surface area contributed by atoms with E-state index in [1.165, 1.54) is 24.0 Å². The zero-order valence-electron chi connectivity index (χ0n) is 12.1. The molecule has 1 amide bonds. The number of hydrogen-bond acceptors (Lipinski definition) is 3. The van der Waals surface area contributed by atoms with E-state index < -0.39 is 21.9 Å². The van der Waals surface area contributed by atoms with Crippen LogP contribution in [-0.4, -0.2) is 38.4 Å². The smallest absolute Gasteiger partial charge is 0.241 e. The zero-order valence-corrected chi connectivity index (χ0v) is 14.5. The van der Waals surface area contributed by atoms with Crippen LogP contribution in [0.2, 0.25) is 0 Å². The Morgan fingerprint density at radius 2 is 1.95 bits per heavy atom. The Labute approximate surface area is 132 Å². The van der Waals surface area contributed by atoms with E-state index in [-0.39, 0.29) is 15.3 Å². The first kappa shape index (κ1) is 18.1. The van der Waals surface area contributed by atoms with E-state index in [4.69, 9.17) is 0 Å². The predicted octanol–water partition coefficient (Wildman–Crippen LogP) is 2.12. The van der Waals surface area contributed by atoms with Gasteiger partial charge in [-0.05, 0) is 54.9 Å². The van der Waals surface area contributed by atoms with Gasteiger partial charge in [-0.25, -0.2) is 12.8 Å². The molecule has 5 nitrogen and oxygen atoms in total. The van der Waals surface area contributed by atoms with Gasteiger partial charge in [0.05, 0.1) is 15.4 Å². The summed E-state index contributed by atoms with van der Waals surface area (Å²) < 4.78 is 40.2. The molecule has 0 spiro atoms. The predicted molar refractivity (Wildman–Crippen MR) is 81.8 cm³/mol. The van der Waals surface area contributed by atoms with E-state index in [1.807, 2.05) is 13.8 Å². The maximum atomic E-state index is 13.4. The van der Waals surface area contributed by atoms with E-state index in [0.717, 1.165) is 6.07 Å². The topological polar surface area (TPSA) is 66.5 Å². The highest BCUT2D eigenvalue weighted by atomic mass is 79.9. The molecule has 21 heavy (non-hydrogen) atoms. The molecule has 0 fully saturated rings. The van der Waals surface area contributed by atoms with E-state index in [2.05, 4.69) is 20.7 Å². The molecule has 0 aliphatic carbocycles. The van der Waals surface area contributed by atoms with Crippen LogP contribution in [0.15, 0.2) is 27.6 Å². The van der Waals surface area contributed by atoms with E-state index in [9.17, 15) is 17.6 Å². The van der Waals surface area contributed by atoms with E-state index >= 15 is 0 Å². The van der Waals surface area contributed by atoms with Crippen molar-refractivity contribution in [3.63, 3.8) is 0 Å². The normalized spacial score (nSPS) is 13.0. The molecule has 1 aromatic carbocycles. The lowest BCUT2D eigenvalue weighted by Gasteiger charge is -2.23. The summed E-state index contributed by atoms with van der Waals surface area (Å²) in [6.07, 6.45) is 0. The van der Waals surface area contributed by atoms with Crippen molar-refractivity contribution in [3.05, 3.63) is 28.5 Å². The molecule has 0 aromatic heterocycles. The van der Waals surface area contributed by atoms with Crippen molar-refractivity contribution >= 4 is 31.9 Å². The average molecular weight is 381 g/mol. The van der Waals surface area contributed by atoms with Crippen molar-refractivity contribution in [2.75, 3.05) is 13.1 Å². The number of nitrogens with one attached hydrogen (secondary N) is 1. The number of amides is 1. The molecule has 1 N–H and O–H groups in total. The molecule has 118 valence electrons. The van der Waals surface area contributed by atoms with E-state index in [1.54, 1.807) is 0 Å². The standard InChI is InChI=1S/C13H18BrFN2O3S/c1-4-17(5-2)13(18)9(3)16-21(19,20)10-6-7-11(14)12(15)8-10/h6-9,16H,4-5H2,1-3H3. The van der Waals surface area contributed by atoms with Gasteiger partial charge < -0.3 is 4.90 Å². The van der Waals surface area contributed by atoms with Gasteiger partial charge in [-0.3, -0.25) is 4.79 Å². The van der Waals surface area contributed by atoms with Gasteiger partial charge in [-0.2, -0.15) is 4.72 Å². The number of sulfonamides is 1. The minimum absolute atomic E-state index is 0.175. The Morgan fingerprint density at radius 1 is 1.38 bits per heavy atom. The van der Waals surface area contributed by atoms with Gasteiger partial charge in [0, 0.05) is 13.1 Å². The van der Waals surface area contributed by atoms with Gasteiger partial charge in [-0.1, -0.05) is 0 Å². The lowest BCUT2D eigenvalue weighted by molar-refractivity contribution is -0.132. The summed E-state index contributed by atoms with van der Waals surface area (Å²) in [7, 11) is -3.95. The molecule has 1 unspecified atom stereocenters. The molecular weight excluding hydrogens is 363 g/mol. The SMILES string of the molecule is CCN(CC)C(=O)C(C)NS(=O)(=O)c1ccc(Br)c(F)c1. The largest absolute Gasteiger partial charge is 0.342 e. The molecule has 0 aliphatic rings. The lowest BCUT2D eigenvalue weighted by atomic mass is 10.3. The van der Waals surface area contributed by atoms with Crippen LogP contribution >= 0.6 is 15.9 Å². The number of hydrogen-bond donors (Lipinski definition) is 1. The maximum Gasteiger partial charge on any atom is 0.241 e. The fourth-order valence-electron chi connectivity index (χ4n) is 1.80. The van der Waals surface area contributed by atoms with E-state index in [0.29, 0.717) is 13.1 Å². The first-order valence-electron chi connectivity index (χ1n) is 6.49. The van der Waals surface area contributed by atoms with Crippen LogP contribution in [0, 0.1) is 5.82 Å². The second-order valence-corrected chi connectivity index (χ2v) is 7.00. The van der Waals surface area contributed by atoms with Crippen molar-refractivity contribution in [2.24, 2.45) is 0 Å². The average Bonchev–Trinajstić information content (AvgIpc) is 2.42. The van der Waals surface area contributed by atoms with Crippen LogP contribution in [0.1, 0.15) is 20.8 Å². The Morgan fingerprint density at radius 3 is 2.43 bits per heavy atom. The summed E-state index contributed by atoms with van der Waals surface area (Å²) in [4.78, 5) is 13.4. The third-order valence-corrected chi connectivity index (χ3v) is 5.16. The summed E-state index contributed by atoms with van der Waals surface area (Å²) in [5.74, 6) is -0.998. The quantitative estimate of drug-likeness (QED) is 0.821. The molecule has 0 radical (unpaired) electrons. The number of benzene rings is 1. The van der Waals surface area contributed by atoms with Crippen LogP contribution in [0.4, 0.5) is 4.39 Å². The number of carbonyl (C=O) groups excluding carboxylic acids is 1. The minimum Gasteiger partial charge on any atom is -0.342 e. The third-order valence-electron chi connectivity index (χ3n) is 2.98. The van der Waals surface area contributed by atoms with Gasteiger partial charge in [0.25, 0.3) is 0 Å². The molecule has 1 rings (SSSR count). The first-order valence-corrected chi connectivity index (χ1v) is 8.76. The molecular formula is C13H18BrFN2O3S. The van der Waals surface area contributed by atoms with Crippen molar-refractivity contribution in [1.29, 1.82) is 0 Å². The summed E-state index contributed by atoms with van der Waals surface area (Å²) in [5, 5.41) is 0. The van der Waals surface area contributed by atoms with Gasteiger partial charge in [0.2, 0.25) is 15.9 Å². The van der Waals surface area contributed by atoms with Gasteiger partial charge >= 0.3 is 0 Å². The second kappa shape index (κ2) is 7.33. The number of likely N-dealkylation sites (N-methyl/N-ethyl adjacent to an activating group) is 1. The summed E-state index contributed by atoms with van der Waals surface area (Å²) in [5.41, 5.74) is 0. The fraction of sp³-hybridized carbons (Fsp3) is 0.462. The Bertz CT molecular complexity index is 618. The van der Waals surface area contributed by atoms with Crippen LogP contribution in [0.5, 0.6) is 0 Å². The van der Waals surface area contributed by atoms with Crippen molar-refractivity contribution in [2.45, 2.75) is 31.7 Å². The van der Waals surface area contributed by atoms with Gasteiger partial charge in [-0.15, -0.1) is 0 Å². The summed E-state index contributed by atoms with van der Waals surface area (Å²) in [6.45, 7) is 6.08. The van der Waals surface area contributed by atoms with Crippen molar-refractivity contribution < 1.29 is 17.6 Å². The fourth-order valence-corrected chi connectivity index (χ4v) is 3.26. The van der Waals surface area contributed by atoms with Crippen molar-refractivity contribution in [3.8, 4) is 0 Å². The minimum atomic E-state index is -3.95. The zero-order chi connectivity index (χ0) is 16.2. The monoisotopic (exact) mass is 380 g/mol. The number of halogens is 2.